The second-order valence-corrected chi connectivity index (χ2v) is 5.13. The molecule has 2 unspecified atom stereocenters. The van der Waals surface area contributed by atoms with E-state index in [-0.39, 0.29) is 12.1 Å². The minimum Gasteiger partial charge on any atom is -0.308 e. The number of nitrogens with one attached hydrogen (secondary N) is 1. The van der Waals surface area contributed by atoms with Crippen LogP contribution in [0.1, 0.15) is 41.5 Å². The molecule has 0 bridgehead atoms. The lowest BCUT2D eigenvalue weighted by Crippen LogP contribution is -2.40. The average Bonchev–Trinajstić information content (AvgIpc) is 2.36. The summed E-state index contributed by atoms with van der Waals surface area (Å²) in [6, 6.07) is 0.281. The van der Waals surface area contributed by atoms with Crippen LogP contribution in [0.25, 0.3) is 0 Å². The molecular formula is C17H30N2. The highest BCUT2D eigenvalue weighted by molar-refractivity contribution is 5.60. The van der Waals surface area contributed by atoms with Crippen molar-refractivity contribution in [2.75, 3.05) is 6.54 Å². The maximum Gasteiger partial charge on any atom is 0.0930 e. The molecule has 0 fully saturated rings. The van der Waals surface area contributed by atoms with Crippen molar-refractivity contribution in [2.45, 2.75) is 53.6 Å². The van der Waals surface area contributed by atoms with Gasteiger partial charge < -0.3 is 5.32 Å². The minimum atomic E-state index is 0.0646. The number of allylic oxidation sites excluding steroid dienone is 2. The van der Waals surface area contributed by atoms with Gasteiger partial charge in [0.05, 0.1) is 12.1 Å². The molecule has 0 heterocycles. The zero-order valence-corrected chi connectivity index (χ0v) is 13.4. The fourth-order valence-corrected chi connectivity index (χ4v) is 1.89. The van der Waals surface area contributed by atoms with Gasteiger partial charge in [-0.3, -0.25) is 4.99 Å². The molecule has 2 nitrogen and oxygen atoms in total. The third-order valence-corrected chi connectivity index (χ3v) is 2.99. The van der Waals surface area contributed by atoms with Gasteiger partial charge in [-0.1, -0.05) is 51.2 Å². The lowest BCUT2D eigenvalue weighted by molar-refractivity contribution is 0.531. The highest BCUT2D eigenvalue weighted by atomic mass is 15.0. The SMILES string of the molecule is C=C(/C=C\C)C(/N=C/C(C)C)C(NCC)/C(C)=C/C. The third-order valence-electron chi connectivity index (χ3n) is 2.99. The maximum absolute atomic E-state index is 4.75. The maximum atomic E-state index is 4.75. The Labute approximate surface area is 119 Å². The molecule has 0 spiro atoms. The van der Waals surface area contributed by atoms with Crippen LogP contribution in [0, 0.1) is 5.92 Å². The van der Waals surface area contributed by atoms with Gasteiger partial charge >= 0.3 is 0 Å². The predicted molar refractivity (Wildman–Crippen MR) is 88.0 cm³/mol. The first-order chi connectivity index (χ1) is 8.97. The standard InChI is InChI=1S/C17H30N2/c1-8-11-15(7)17(19-12-13(4)5)16(18-10-3)14(6)9-2/h8-9,11-13,16-18H,7,10H2,1-6H3/b11-8-,14-9+,19-12+. The molecular weight excluding hydrogens is 232 g/mol. The Morgan fingerprint density at radius 3 is 2.37 bits per heavy atom. The summed E-state index contributed by atoms with van der Waals surface area (Å²) >= 11 is 0. The van der Waals surface area contributed by atoms with Crippen LogP contribution in [-0.2, 0) is 0 Å². The molecule has 0 aliphatic carbocycles. The van der Waals surface area contributed by atoms with Crippen LogP contribution in [-0.4, -0.2) is 24.8 Å². The van der Waals surface area contributed by atoms with Gasteiger partial charge in [-0.25, -0.2) is 0 Å². The number of nitrogens with zero attached hydrogens (tertiary/aromatic N) is 1. The number of likely N-dealkylation sites (N-methyl/N-ethyl adjacent to an activating group) is 1. The lowest BCUT2D eigenvalue weighted by Gasteiger charge is -2.26. The molecule has 0 aliphatic rings. The Morgan fingerprint density at radius 1 is 1.32 bits per heavy atom. The first kappa shape index (κ1) is 17.8. The van der Waals surface area contributed by atoms with E-state index in [0.29, 0.717) is 5.92 Å². The van der Waals surface area contributed by atoms with Gasteiger partial charge in [0.15, 0.2) is 0 Å². The molecule has 0 amide bonds. The predicted octanol–water partition coefficient (Wildman–Crippen LogP) is 4.16. The highest BCUT2D eigenvalue weighted by Crippen LogP contribution is 2.17. The van der Waals surface area contributed by atoms with E-state index in [2.05, 4.69) is 58.7 Å². The first-order valence-corrected chi connectivity index (χ1v) is 7.18. The van der Waals surface area contributed by atoms with Crippen LogP contribution in [0.2, 0.25) is 0 Å². The lowest BCUT2D eigenvalue weighted by atomic mass is 9.94. The van der Waals surface area contributed by atoms with Gasteiger partial charge in [-0.05, 0) is 38.8 Å². The smallest absolute Gasteiger partial charge is 0.0930 e. The summed E-state index contributed by atoms with van der Waals surface area (Å²) in [7, 11) is 0. The Kier molecular flexibility index (Phi) is 9.15. The molecule has 0 aromatic heterocycles. The largest absolute Gasteiger partial charge is 0.308 e. The molecule has 0 aromatic carbocycles. The monoisotopic (exact) mass is 262 g/mol. The van der Waals surface area contributed by atoms with Crippen molar-refractivity contribution >= 4 is 6.21 Å². The summed E-state index contributed by atoms with van der Waals surface area (Å²) in [5.41, 5.74) is 2.35. The Bertz CT molecular complexity index is 348. The van der Waals surface area contributed by atoms with Crippen molar-refractivity contribution in [1.82, 2.24) is 5.32 Å². The summed E-state index contributed by atoms with van der Waals surface area (Å²) < 4.78 is 0. The van der Waals surface area contributed by atoms with E-state index in [1.807, 2.05) is 19.2 Å². The summed E-state index contributed by atoms with van der Waals surface area (Å²) in [4.78, 5) is 4.75. The summed E-state index contributed by atoms with van der Waals surface area (Å²) in [6.07, 6.45) is 8.24. The van der Waals surface area contributed by atoms with E-state index in [0.717, 1.165) is 12.1 Å². The van der Waals surface area contributed by atoms with Crippen LogP contribution in [0.5, 0.6) is 0 Å². The molecule has 108 valence electrons. The fraction of sp³-hybridized carbons (Fsp3) is 0.588. The number of hydrogen-bond acceptors (Lipinski definition) is 2. The van der Waals surface area contributed by atoms with E-state index in [1.54, 1.807) is 0 Å². The summed E-state index contributed by atoms with van der Waals surface area (Å²) in [6.45, 7) is 17.7. The van der Waals surface area contributed by atoms with Crippen molar-refractivity contribution < 1.29 is 0 Å². The summed E-state index contributed by atoms with van der Waals surface area (Å²) in [5.74, 6) is 0.453. The van der Waals surface area contributed by atoms with E-state index >= 15 is 0 Å². The number of hydrogen-bond donors (Lipinski definition) is 1. The van der Waals surface area contributed by atoms with Crippen molar-refractivity contribution in [3.05, 3.63) is 36.0 Å². The van der Waals surface area contributed by atoms with Gasteiger partial charge in [0, 0.05) is 6.21 Å². The van der Waals surface area contributed by atoms with E-state index in [4.69, 9.17) is 4.99 Å². The highest BCUT2D eigenvalue weighted by Gasteiger charge is 2.22. The van der Waals surface area contributed by atoms with Gasteiger partial charge in [0.1, 0.15) is 0 Å². The van der Waals surface area contributed by atoms with E-state index in [9.17, 15) is 0 Å². The average molecular weight is 262 g/mol. The van der Waals surface area contributed by atoms with Gasteiger partial charge in [-0.2, -0.15) is 0 Å². The van der Waals surface area contributed by atoms with Crippen molar-refractivity contribution in [1.29, 1.82) is 0 Å². The zero-order valence-electron chi connectivity index (χ0n) is 13.4. The zero-order chi connectivity index (χ0) is 14.8. The minimum absolute atomic E-state index is 0.0646. The molecule has 0 radical (unpaired) electrons. The van der Waals surface area contributed by atoms with Crippen LogP contribution in [0.3, 0.4) is 0 Å². The van der Waals surface area contributed by atoms with E-state index in [1.165, 1.54) is 5.57 Å². The van der Waals surface area contributed by atoms with Crippen LogP contribution >= 0.6 is 0 Å². The molecule has 2 heteroatoms. The Morgan fingerprint density at radius 2 is 1.95 bits per heavy atom. The molecule has 0 saturated carbocycles. The van der Waals surface area contributed by atoms with Crippen LogP contribution in [0.15, 0.2) is 40.9 Å². The number of rotatable bonds is 8. The molecule has 19 heavy (non-hydrogen) atoms. The quantitative estimate of drug-likeness (QED) is 0.396. The molecule has 1 N–H and O–H groups in total. The van der Waals surface area contributed by atoms with Crippen molar-refractivity contribution in [3.8, 4) is 0 Å². The summed E-state index contributed by atoms with van der Waals surface area (Å²) in [5, 5.41) is 3.52. The molecule has 0 rings (SSSR count). The van der Waals surface area contributed by atoms with Gasteiger partial charge in [0.2, 0.25) is 0 Å². The molecule has 0 saturated heterocycles. The van der Waals surface area contributed by atoms with E-state index < -0.39 is 0 Å². The van der Waals surface area contributed by atoms with Gasteiger partial charge in [-0.15, -0.1) is 0 Å². The fourth-order valence-electron chi connectivity index (χ4n) is 1.89. The second kappa shape index (κ2) is 9.74. The Balaban J connectivity index is 5.32. The van der Waals surface area contributed by atoms with Crippen LogP contribution in [0.4, 0.5) is 0 Å². The van der Waals surface area contributed by atoms with Gasteiger partial charge in [0.25, 0.3) is 0 Å². The van der Waals surface area contributed by atoms with Crippen molar-refractivity contribution in [2.24, 2.45) is 10.9 Å². The topological polar surface area (TPSA) is 24.4 Å². The molecule has 2 atom stereocenters. The van der Waals surface area contributed by atoms with Crippen LogP contribution < -0.4 is 5.32 Å². The third kappa shape index (κ3) is 6.53. The normalized spacial score (nSPS) is 16.5. The second-order valence-electron chi connectivity index (χ2n) is 5.13. The Hall–Kier alpha value is -1.15. The van der Waals surface area contributed by atoms with Crippen molar-refractivity contribution in [3.63, 3.8) is 0 Å². The number of aliphatic imine (C=N–C) groups is 1. The first-order valence-electron chi connectivity index (χ1n) is 7.18. The molecule has 0 aromatic rings. The molecule has 0 aliphatic heterocycles.